The van der Waals surface area contributed by atoms with E-state index in [2.05, 4.69) is 32.7 Å². The zero-order chi connectivity index (χ0) is 8.15. The average molecular weight is 144 g/mol. The highest BCUT2D eigenvalue weighted by Gasteiger charge is 2.11. The van der Waals surface area contributed by atoms with Crippen molar-refractivity contribution in [2.45, 2.75) is 33.4 Å². The molecule has 2 nitrogen and oxygen atoms in total. The Morgan fingerprint density at radius 2 is 1.90 bits per heavy atom. The van der Waals surface area contributed by atoms with Crippen LogP contribution in [0, 0.1) is 5.92 Å². The normalized spacial score (nSPS) is 14.7. The highest BCUT2D eigenvalue weighted by Crippen LogP contribution is 2.02. The Kier molecular flexibility index (Phi) is 4.65. The van der Waals surface area contributed by atoms with Crippen molar-refractivity contribution in [3.8, 4) is 0 Å². The van der Waals surface area contributed by atoms with Crippen LogP contribution in [0.2, 0.25) is 0 Å². The van der Waals surface area contributed by atoms with Gasteiger partial charge in [-0.1, -0.05) is 20.8 Å². The van der Waals surface area contributed by atoms with E-state index in [1.807, 2.05) is 0 Å². The van der Waals surface area contributed by atoms with Crippen LogP contribution in [0.5, 0.6) is 0 Å². The van der Waals surface area contributed by atoms with Crippen LogP contribution in [-0.4, -0.2) is 24.7 Å². The van der Waals surface area contributed by atoms with Crippen molar-refractivity contribution in [1.82, 2.24) is 4.90 Å². The number of nitrogens with two attached hydrogens (primary N) is 1. The highest BCUT2D eigenvalue weighted by molar-refractivity contribution is 4.63. The van der Waals surface area contributed by atoms with E-state index in [0.29, 0.717) is 5.92 Å². The molecule has 0 saturated heterocycles. The predicted octanol–water partition coefficient (Wildman–Crippen LogP) is 1.27. The molecule has 62 valence electrons. The molecule has 1 unspecified atom stereocenters. The summed E-state index contributed by atoms with van der Waals surface area (Å²) in [6, 6.07) is 0. The van der Waals surface area contributed by atoms with E-state index >= 15 is 0 Å². The average Bonchev–Trinajstić information content (AvgIpc) is 1.87. The molecule has 0 aliphatic carbocycles. The van der Waals surface area contributed by atoms with E-state index in [0.717, 1.165) is 6.54 Å². The summed E-state index contributed by atoms with van der Waals surface area (Å²) in [5.74, 6) is 0.552. The third-order valence-electron chi connectivity index (χ3n) is 1.77. The Morgan fingerprint density at radius 1 is 1.40 bits per heavy atom. The van der Waals surface area contributed by atoms with Crippen LogP contribution in [0.25, 0.3) is 0 Å². The fourth-order valence-electron chi connectivity index (χ4n) is 1.01. The lowest BCUT2D eigenvalue weighted by molar-refractivity contribution is 0.197. The molecule has 10 heavy (non-hydrogen) atoms. The Bertz CT molecular complexity index is 81.3. The SMILES string of the molecule is CCCN(C)C(N)C(C)C. The van der Waals surface area contributed by atoms with Gasteiger partial charge in [0, 0.05) is 0 Å². The maximum atomic E-state index is 5.87. The van der Waals surface area contributed by atoms with Crippen LogP contribution < -0.4 is 5.73 Å². The van der Waals surface area contributed by atoms with E-state index in [1.54, 1.807) is 0 Å². The molecule has 0 fully saturated rings. The minimum absolute atomic E-state index is 0.222. The van der Waals surface area contributed by atoms with Crippen molar-refractivity contribution >= 4 is 0 Å². The molecular formula is C8H20N2. The van der Waals surface area contributed by atoms with Gasteiger partial charge in [-0.05, 0) is 25.9 Å². The lowest BCUT2D eigenvalue weighted by Crippen LogP contribution is -2.43. The van der Waals surface area contributed by atoms with Gasteiger partial charge >= 0.3 is 0 Å². The Labute approximate surface area is 64.4 Å². The summed E-state index contributed by atoms with van der Waals surface area (Å²) < 4.78 is 0. The fraction of sp³-hybridized carbons (Fsp3) is 1.00. The quantitative estimate of drug-likeness (QED) is 0.602. The first-order valence-corrected chi connectivity index (χ1v) is 4.05. The molecule has 0 spiro atoms. The van der Waals surface area contributed by atoms with Crippen LogP contribution >= 0.6 is 0 Å². The number of rotatable bonds is 4. The van der Waals surface area contributed by atoms with E-state index in [4.69, 9.17) is 5.73 Å². The van der Waals surface area contributed by atoms with Gasteiger partial charge in [0.05, 0.1) is 6.17 Å². The van der Waals surface area contributed by atoms with Gasteiger partial charge < -0.3 is 5.73 Å². The summed E-state index contributed by atoms with van der Waals surface area (Å²) in [5.41, 5.74) is 5.87. The van der Waals surface area contributed by atoms with E-state index < -0.39 is 0 Å². The van der Waals surface area contributed by atoms with E-state index in [1.165, 1.54) is 6.42 Å². The number of hydrogen-bond donors (Lipinski definition) is 1. The van der Waals surface area contributed by atoms with Gasteiger partial charge in [0.2, 0.25) is 0 Å². The zero-order valence-corrected chi connectivity index (χ0v) is 7.59. The van der Waals surface area contributed by atoms with Gasteiger partial charge in [-0.3, -0.25) is 4.90 Å². The maximum Gasteiger partial charge on any atom is 0.0592 e. The van der Waals surface area contributed by atoms with E-state index in [9.17, 15) is 0 Å². The minimum atomic E-state index is 0.222. The Morgan fingerprint density at radius 3 is 2.20 bits per heavy atom. The monoisotopic (exact) mass is 144 g/mol. The first kappa shape index (κ1) is 9.92. The third-order valence-corrected chi connectivity index (χ3v) is 1.77. The number of hydrogen-bond acceptors (Lipinski definition) is 2. The highest BCUT2D eigenvalue weighted by atomic mass is 15.2. The largest absolute Gasteiger partial charge is 0.316 e. The topological polar surface area (TPSA) is 29.3 Å². The van der Waals surface area contributed by atoms with Crippen LogP contribution in [-0.2, 0) is 0 Å². The van der Waals surface area contributed by atoms with Crippen molar-refractivity contribution in [2.75, 3.05) is 13.6 Å². The molecule has 0 bridgehead atoms. The third kappa shape index (κ3) is 3.18. The molecule has 0 aliphatic rings. The van der Waals surface area contributed by atoms with Crippen LogP contribution in [0.3, 0.4) is 0 Å². The van der Waals surface area contributed by atoms with Crippen LogP contribution in [0.15, 0.2) is 0 Å². The van der Waals surface area contributed by atoms with E-state index in [-0.39, 0.29) is 6.17 Å². The van der Waals surface area contributed by atoms with Gasteiger partial charge in [0.15, 0.2) is 0 Å². The molecule has 2 N–H and O–H groups in total. The number of nitrogens with zero attached hydrogens (tertiary/aromatic N) is 1. The molecule has 0 aliphatic heterocycles. The molecule has 0 saturated carbocycles. The van der Waals surface area contributed by atoms with Gasteiger partial charge in [-0.2, -0.15) is 0 Å². The molecule has 0 aromatic carbocycles. The summed E-state index contributed by atoms with van der Waals surface area (Å²) in [6.07, 6.45) is 1.40. The second-order valence-electron chi connectivity index (χ2n) is 3.22. The molecule has 2 heteroatoms. The van der Waals surface area contributed by atoms with Gasteiger partial charge in [0.25, 0.3) is 0 Å². The molecule has 0 aromatic heterocycles. The van der Waals surface area contributed by atoms with Gasteiger partial charge in [-0.15, -0.1) is 0 Å². The molecule has 0 amide bonds. The van der Waals surface area contributed by atoms with Crippen molar-refractivity contribution < 1.29 is 0 Å². The Balaban J connectivity index is 3.58. The standard InChI is InChI=1S/C8H20N2/c1-5-6-10(4)8(9)7(2)3/h7-8H,5-6,9H2,1-4H3. The van der Waals surface area contributed by atoms with Crippen LogP contribution in [0.1, 0.15) is 27.2 Å². The lowest BCUT2D eigenvalue weighted by atomic mass is 10.1. The predicted molar refractivity (Wildman–Crippen MR) is 45.7 cm³/mol. The fourth-order valence-corrected chi connectivity index (χ4v) is 1.01. The van der Waals surface area contributed by atoms with Crippen molar-refractivity contribution in [1.29, 1.82) is 0 Å². The second-order valence-corrected chi connectivity index (χ2v) is 3.22. The van der Waals surface area contributed by atoms with Gasteiger partial charge in [0.1, 0.15) is 0 Å². The van der Waals surface area contributed by atoms with Crippen LogP contribution in [0.4, 0.5) is 0 Å². The van der Waals surface area contributed by atoms with Crippen molar-refractivity contribution in [3.63, 3.8) is 0 Å². The second kappa shape index (κ2) is 4.69. The maximum absolute atomic E-state index is 5.87. The molecule has 0 aromatic rings. The lowest BCUT2D eigenvalue weighted by Gasteiger charge is -2.26. The first-order valence-electron chi connectivity index (χ1n) is 4.05. The first-order chi connectivity index (χ1) is 4.59. The van der Waals surface area contributed by atoms with Gasteiger partial charge in [-0.25, -0.2) is 0 Å². The zero-order valence-electron chi connectivity index (χ0n) is 7.59. The smallest absolute Gasteiger partial charge is 0.0592 e. The summed E-state index contributed by atoms with van der Waals surface area (Å²) in [5, 5.41) is 0. The summed E-state index contributed by atoms with van der Waals surface area (Å²) in [7, 11) is 2.08. The van der Waals surface area contributed by atoms with Crippen molar-refractivity contribution in [2.24, 2.45) is 11.7 Å². The Hall–Kier alpha value is -0.0800. The molecule has 0 rings (SSSR count). The summed E-state index contributed by atoms with van der Waals surface area (Å²) in [4.78, 5) is 2.20. The molecule has 0 heterocycles. The summed E-state index contributed by atoms with van der Waals surface area (Å²) in [6.45, 7) is 7.57. The molecule has 1 atom stereocenters. The molecular weight excluding hydrogens is 124 g/mol. The minimum Gasteiger partial charge on any atom is -0.316 e. The van der Waals surface area contributed by atoms with Crippen molar-refractivity contribution in [3.05, 3.63) is 0 Å². The molecule has 0 radical (unpaired) electrons. The summed E-state index contributed by atoms with van der Waals surface area (Å²) >= 11 is 0.